The number of carbonyl (C=O) groups excluding carboxylic acids is 1. The van der Waals surface area contributed by atoms with Gasteiger partial charge in [-0.15, -0.1) is 12.4 Å². The zero-order valence-corrected chi connectivity index (χ0v) is 15.5. The third-order valence-electron chi connectivity index (χ3n) is 3.52. The predicted octanol–water partition coefficient (Wildman–Crippen LogP) is 2.25. The van der Waals surface area contributed by atoms with Crippen LogP contribution in [-0.2, 0) is 0 Å². The molecule has 0 aliphatic rings. The molecule has 0 unspecified atom stereocenters. The molecule has 7 nitrogen and oxygen atoms in total. The first kappa shape index (κ1) is 20.8. The number of ether oxygens (including phenoxy) is 2. The maximum atomic E-state index is 12.1. The summed E-state index contributed by atoms with van der Waals surface area (Å²) in [5, 5.41) is 13.0. The lowest BCUT2D eigenvalue weighted by Crippen LogP contribution is -2.32. The molecule has 0 fully saturated rings. The number of carbonyl (C=O) groups is 1. The van der Waals surface area contributed by atoms with Crippen molar-refractivity contribution in [3.05, 3.63) is 30.0 Å². The Morgan fingerprint density at radius 3 is 2.56 bits per heavy atom. The van der Waals surface area contributed by atoms with Gasteiger partial charge in [0.05, 0.1) is 19.9 Å². The van der Waals surface area contributed by atoms with Gasteiger partial charge in [0.2, 0.25) is 0 Å². The van der Waals surface area contributed by atoms with E-state index in [9.17, 15) is 4.79 Å². The minimum Gasteiger partial charge on any atom is -0.493 e. The van der Waals surface area contributed by atoms with E-state index in [0.717, 1.165) is 25.1 Å². The molecule has 8 heteroatoms. The van der Waals surface area contributed by atoms with Gasteiger partial charge in [-0.05, 0) is 37.2 Å². The number of amides is 1. The molecule has 25 heavy (non-hydrogen) atoms. The van der Waals surface area contributed by atoms with Crippen molar-refractivity contribution in [1.82, 2.24) is 20.8 Å². The van der Waals surface area contributed by atoms with Crippen LogP contribution in [-0.4, -0.2) is 50.0 Å². The molecule has 0 atom stereocenters. The molecule has 0 saturated heterocycles. The lowest BCUT2D eigenvalue weighted by atomic mass is 10.1. The highest BCUT2D eigenvalue weighted by molar-refractivity contribution is 5.93. The summed E-state index contributed by atoms with van der Waals surface area (Å²) in [6, 6.07) is 7.22. The number of aromatic nitrogens is 2. The van der Waals surface area contributed by atoms with Gasteiger partial charge in [0.15, 0.2) is 11.5 Å². The van der Waals surface area contributed by atoms with Crippen LogP contribution in [0.4, 0.5) is 0 Å². The Kier molecular flexibility index (Phi) is 8.80. The molecule has 138 valence electrons. The number of halogens is 1. The molecule has 1 aromatic heterocycles. The van der Waals surface area contributed by atoms with Crippen LogP contribution in [0.2, 0.25) is 0 Å². The van der Waals surface area contributed by atoms with Crippen LogP contribution in [0.3, 0.4) is 0 Å². The Balaban J connectivity index is 0.00000312. The van der Waals surface area contributed by atoms with Gasteiger partial charge in [0, 0.05) is 18.7 Å². The van der Waals surface area contributed by atoms with Gasteiger partial charge in [-0.2, -0.15) is 5.10 Å². The molecule has 3 N–H and O–H groups in total. The first-order chi connectivity index (χ1) is 11.7. The first-order valence-corrected chi connectivity index (χ1v) is 7.96. The van der Waals surface area contributed by atoms with E-state index < -0.39 is 0 Å². The number of nitrogens with one attached hydrogen (secondary N) is 3. The molecule has 0 spiro atoms. The van der Waals surface area contributed by atoms with Gasteiger partial charge in [0.25, 0.3) is 5.91 Å². The average molecular weight is 369 g/mol. The molecule has 1 heterocycles. The molecule has 2 aromatic rings. The summed E-state index contributed by atoms with van der Waals surface area (Å²) in [6.07, 6.45) is 1.07. The number of nitrogens with zero attached hydrogens (tertiary/aromatic N) is 1. The van der Waals surface area contributed by atoms with E-state index in [0.29, 0.717) is 29.4 Å². The lowest BCUT2D eigenvalue weighted by molar-refractivity contribution is 0.0949. The standard InChI is InChI=1S/C17H24N4O3.ClH/c1-4-7-18-8-9-19-17(22)14-11-13(20-21-14)12-5-6-15(23-2)16(10-12)24-3;/h5-6,10-11,18H,4,7-9H2,1-3H3,(H,19,22)(H,20,21);1H. The van der Waals surface area contributed by atoms with E-state index in [1.165, 1.54) is 0 Å². The first-order valence-electron chi connectivity index (χ1n) is 7.96. The second-order valence-corrected chi connectivity index (χ2v) is 5.24. The van der Waals surface area contributed by atoms with Crippen molar-refractivity contribution in [2.24, 2.45) is 0 Å². The number of H-pyrrole nitrogens is 1. The van der Waals surface area contributed by atoms with Crippen LogP contribution in [0.25, 0.3) is 11.3 Å². The molecule has 2 rings (SSSR count). The topological polar surface area (TPSA) is 88.3 Å². The highest BCUT2D eigenvalue weighted by Gasteiger charge is 2.12. The number of hydrogen-bond acceptors (Lipinski definition) is 5. The molecule has 1 amide bonds. The van der Waals surface area contributed by atoms with Crippen LogP contribution >= 0.6 is 12.4 Å². The largest absolute Gasteiger partial charge is 0.493 e. The van der Waals surface area contributed by atoms with Crippen molar-refractivity contribution in [3.8, 4) is 22.8 Å². The van der Waals surface area contributed by atoms with Crippen LogP contribution in [0, 0.1) is 0 Å². The third kappa shape index (κ3) is 5.65. The fourth-order valence-electron chi connectivity index (χ4n) is 2.24. The predicted molar refractivity (Wildman–Crippen MR) is 99.9 cm³/mol. The number of rotatable bonds is 9. The second kappa shape index (κ2) is 10.6. The normalized spacial score (nSPS) is 10.0. The average Bonchev–Trinajstić information content (AvgIpc) is 3.11. The minimum absolute atomic E-state index is 0. The number of benzene rings is 1. The van der Waals surface area contributed by atoms with Crippen LogP contribution in [0.5, 0.6) is 11.5 Å². The highest BCUT2D eigenvalue weighted by Crippen LogP contribution is 2.31. The van der Waals surface area contributed by atoms with E-state index in [2.05, 4.69) is 27.8 Å². The fraction of sp³-hybridized carbons (Fsp3) is 0.412. The zero-order valence-electron chi connectivity index (χ0n) is 14.7. The number of aromatic amines is 1. The molecule has 0 aliphatic heterocycles. The quantitative estimate of drug-likeness (QED) is 0.591. The van der Waals surface area contributed by atoms with Crippen LogP contribution in [0.1, 0.15) is 23.8 Å². The van der Waals surface area contributed by atoms with Crippen molar-refractivity contribution in [3.63, 3.8) is 0 Å². The molecule has 1 aromatic carbocycles. The van der Waals surface area contributed by atoms with Gasteiger partial charge in [0.1, 0.15) is 5.69 Å². The smallest absolute Gasteiger partial charge is 0.269 e. The summed E-state index contributed by atoms with van der Waals surface area (Å²) in [5.74, 6) is 1.09. The summed E-state index contributed by atoms with van der Waals surface area (Å²) < 4.78 is 10.5. The Bertz CT molecular complexity index is 676. The fourth-order valence-corrected chi connectivity index (χ4v) is 2.24. The van der Waals surface area contributed by atoms with Gasteiger partial charge >= 0.3 is 0 Å². The maximum absolute atomic E-state index is 12.1. The molecular weight excluding hydrogens is 344 g/mol. The second-order valence-electron chi connectivity index (χ2n) is 5.24. The molecular formula is C17H25ClN4O3. The SMILES string of the molecule is CCCNCCNC(=O)c1cc(-c2ccc(OC)c(OC)c2)n[nH]1.Cl. The molecule has 0 saturated carbocycles. The van der Waals surface area contributed by atoms with Gasteiger partial charge in [-0.1, -0.05) is 6.92 Å². The number of methoxy groups -OCH3 is 2. The van der Waals surface area contributed by atoms with Gasteiger partial charge in [-0.3, -0.25) is 9.89 Å². The summed E-state index contributed by atoms with van der Waals surface area (Å²) >= 11 is 0. The summed E-state index contributed by atoms with van der Waals surface area (Å²) in [4.78, 5) is 12.1. The van der Waals surface area contributed by atoms with Gasteiger partial charge in [-0.25, -0.2) is 0 Å². The van der Waals surface area contributed by atoms with E-state index in [4.69, 9.17) is 9.47 Å². The Morgan fingerprint density at radius 2 is 1.88 bits per heavy atom. The third-order valence-corrected chi connectivity index (χ3v) is 3.52. The Hall–Kier alpha value is -2.25. The zero-order chi connectivity index (χ0) is 17.4. The van der Waals surface area contributed by atoms with E-state index in [-0.39, 0.29) is 18.3 Å². The van der Waals surface area contributed by atoms with Crippen molar-refractivity contribution in [2.45, 2.75) is 13.3 Å². The molecule has 0 bridgehead atoms. The van der Waals surface area contributed by atoms with E-state index in [1.807, 2.05) is 18.2 Å². The van der Waals surface area contributed by atoms with Crippen molar-refractivity contribution in [1.29, 1.82) is 0 Å². The van der Waals surface area contributed by atoms with Crippen LogP contribution in [0.15, 0.2) is 24.3 Å². The Labute approximate surface area is 153 Å². The molecule has 0 aliphatic carbocycles. The monoisotopic (exact) mass is 368 g/mol. The lowest BCUT2D eigenvalue weighted by Gasteiger charge is -2.08. The van der Waals surface area contributed by atoms with Crippen molar-refractivity contribution < 1.29 is 14.3 Å². The summed E-state index contributed by atoms with van der Waals surface area (Å²) in [6.45, 7) is 4.37. The van der Waals surface area contributed by atoms with Crippen molar-refractivity contribution >= 4 is 18.3 Å². The minimum atomic E-state index is -0.174. The van der Waals surface area contributed by atoms with E-state index >= 15 is 0 Å². The van der Waals surface area contributed by atoms with Gasteiger partial charge < -0.3 is 20.1 Å². The number of hydrogen-bond donors (Lipinski definition) is 3. The van der Waals surface area contributed by atoms with Crippen molar-refractivity contribution in [2.75, 3.05) is 33.9 Å². The van der Waals surface area contributed by atoms with Crippen LogP contribution < -0.4 is 20.1 Å². The highest BCUT2D eigenvalue weighted by atomic mass is 35.5. The Morgan fingerprint density at radius 1 is 1.12 bits per heavy atom. The summed E-state index contributed by atoms with van der Waals surface area (Å²) in [5.41, 5.74) is 1.94. The maximum Gasteiger partial charge on any atom is 0.269 e. The van der Waals surface area contributed by atoms with E-state index in [1.54, 1.807) is 20.3 Å². The summed E-state index contributed by atoms with van der Waals surface area (Å²) in [7, 11) is 3.17. The molecule has 0 radical (unpaired) electrons.